The van der Waals surface area contributed by atoms with Gasteiger partial charge in [0.1, 0.15) is 6.04 Å². The number of nitrogens with one attached hydrogen (secondary N) is 1. The highest BCUT2D eigenvalue weighted by Crippen LogP contribution is 2.27. The van der Waals surface area contributed by atoms with Gasteiger partial charge in [0.25, 0.3) is 0 Å². The maximum atomic E-state index is 13.2. The van der Waals surface area contributed by atoms with Crippen LogP contribution >= 0.6 is 46.6 Å². The molecular formula is C23H27Cl3N2O2S. The molecule has 8 heteroatoms. The molecule has 0 aliphatic rings. The number of nitrogens with zero attached hydrogens (tertiary/aromatic N) is 1. The molecule has 2 rings (SSSR count). The Morgan fingerprint density at radius 3 is 2.19 bits per heavy atom. The van der Waals surface area contributed by atoms with Crippen molar-refractivity contribution in [1.82, 2.24) is 10.2 Å². The fourth-order valence-corrected chi connectivity index (χ4v) is 4.59. The van der Waals surface area contributed by atoms with E-state index in [9.17, 15) is 9.59 Å². The SMILES string of the molecule is CC[C@H](C(=O)NC(C)C)N(Cc1c(Cl)cccc1Cl)C(=O)CSCc1ccc(Cl)cc1. The average molecular weight is 502 g/mol. The van der Waals surface area contributed by atoms with Crippen molar-refractivity contribution in [3.63, 3.8) is 0 Å². The average Bonchev–Trinajstić information content (AvgIpc) is 2.70. The number of benzene rings is 2. The molecule has 1 N–H and O–H groups in total. The van der Waals surface area contributed by atoms with Gasteiger partial charge in [-0.2, -0.15) is 0 Å². The summed E-state index contributed by atoms with van der Waals surface area (Å²) in [5, 5.41) is 4.53. The molecule has 0 aliphatic carbocycles. The van der Waals surface area contributed by atoms with Crippen LogP contribution in [0.15, 0.2) is 42.5 Å². The van der Waals surface area contributed by atoms with Crippen molar-refractivity contribution >= 4 is 58.4 Å². The Hall–Kier alpha value is -1.40. The fraction of sp³-hybridized carbons (Fsp3) is 0.391. The first kappa shape index (κ1) is 25.9. The van der Waals surface area contributed by atoms with Gasteiger partial charge >= 0.3 is 0 Å². The van der Waals surface area contributed by atoms with Crippen molar-refractivity contribution in [1.29, 1.82) is 0 Å². The lowest BCUT2D eigenvalue weighted by molar-refractivity contribution is -0.139. The molecule has 168 valence electrons. The standard InChI is InChI=1S/C23H27Cl3N2O2S/c1-4-21(23(30)27-15(2)3)28(12-18-19(25)6-5-7-20(18)26)22(29)14-31-13-16-8-10-17(24)11-9-16/h5-11,15,21H,4,12-14H2,1-3H3,(H,27,30)/t21-/m1/s1. The zero-order chi connectivity index (χ0) is 23.0. The molecule has 0 aliphatic heterocycles. The number of hydrogen-bond acceptors (Lipinski definition) is 3. The van der Waals surface area contributed by atoms with Crippen LogP contribution in [0, 0.1) is 0 Å². The first-order chi connectivity index (χ1) is 14.7. The van der Waals surface area contributed by atoms with Gasteiger partial charge in [0.2, 0.25) is 11.8 Å². The molecule has 0 fully saturated rings. The van der Waals surface area contributed by atoms with Gasteiger partial charge in [-0.05, 0) is 50.1 Å². The molecule has 2 aromatic rings. The van der Waals surface area contributed by atoms with E-state index in [4.69, 9.17) is 34.8 Å². The van der Waals surface area contributed by atoms with Crippen LogP contribution in [0.1, 0.15) is 38.3 Å². The minimum atomic E-state index is -0.613. The lowest BCUT2D eigenvalue weighted by Crippen LogP contribution is -2.51. The van der Waals surface area contributed by atoms with Crippen molar-refractivity contribution in [3.8, 4) is 0 Å². The van der Waals surface area contributed by atoms with Gasteiger partial charge in [-0.3, -0.25) is 9.59 Å². The number of carbonyl (C=O) groups is 2. The highest BCUT2D eigenvalue weighted by atomic mass is 35.5. The first-order valence-electron chi connectivity index (χ1n) is 10.1. The lowest BCUT2D eigenvalue weighted by atomic mass is 10.1. The molecule has 0 aromatic heterocycles. The fourth-order valence-electron chi connectivity index (χ4n) is 3.07. The van der Waals surface area contributed by atoms with Crippen LogP contribution in [0.2, 0.25) is 15.1 Å². The molecule has 0 bridgehead atoms. The molecule has 0 unspecified atom stereocenters. The summed E-state index contributed by atoms with van der Waals surface area (Å²) in [6, 6.07) is 12.1. The maximum absolute atomic E-state index is 13.2. The molecule has 0 saturated carbocycles. The maximum Gasteiger partial charge on any atom is 0.243 e. The molecule has 1 atom stereocenters. The van der Waals surface area contributed by atoms with E-state index >= 15 is 0 Å². The molecule has 0 radical (unpaired) electrons. The lowest BCUT2D eigenvalue weighted by Gasteiger charge is -2.31. The number of amides is 2. The second-order valence-corrected chi connectivity index (χ2v) is 9.66. The van der Waals surface area contributed by atoms with Gasteiger partial charge in [-0.1, -0.05) is 59.9 Å². The number of hydrogen-bond donors (Lipinski definition) is 1. The summed E-state index contributed by atoms with van der Waals surface area (Å²) in [5.74, 6) is 0.576. The molecule has 0 heterocycles. The summed E-state index contributed by atoms with van der Waals surface area (Å²) >= 11 is 20.1. The quantitative estimate of drug-likeness (QED) is 0.421. The van der Waals surface area contributed by atoms with E-state index in [-0.39, 0.29) is 30.2 Å². The topological polar surface area (TPSA) is 49.4 Å². The Labute approximate surface area is 203 Å². The zero-order valence-corrected chi connectivity index (χ0v) is 20.9. The molecule has 31 heavy (non-hydrogen) atoms. The third-order valence-electron chi connectivity index (χ3n) is 4.61. The monoisotopic (exact) mass is 500 g/mol. The van der Waals surface area contributed by atoms with Crippen LogP contribution < -0.4 is 5.32 Å². The van der Waals surface area contributed by atoms with Crippen LogP contribution in [0.5, 0.6) is 0 Å². The third kappa shape index (κ3) is 7.90. The molecule has 4 nitrogen and oxygen atoms in total. The summed E-state index contributed by atoms with van der Waals surface area (Å²) in [7, 11) is 0. The van der Waals surface area contributed by atoms with Gasteiger partial charge in [-0.25, -0.2) is 0 Å². The second-order valence-electron chi connectivity index (χ2n) is 7.43. The Kier molecular flexibility index (Phi) is 10.5. The van der Waals surface area contributed by atoms with Gasteiger partial charge in [-0.15, -0.1) is 11.8 Å². The van der Waals surface area contributed by atoms with Crippen LogP contribution in [0.25, 0.3) is 0 Å². The van der Waals surface area contributed by atoms with Gasteiger partial charge in [0, 0.05) is 39.0 Å². The van der Waals surface area contributed by atoms with E-state index < -0.39 is 6.04 Å². The summed E-state index contributed by atoms with van der Waals surface area (Å²) < 4.78 is 0. The van der Waals surface area contributed by atoms with Crippen molar-refractivity contribution in [2.75, 3.05) is 5.75 Å². The molecule has 2 aromatic carbocycles. The third-order valence-corrected chi connectivity index (χ3v) is 6.56. The van der Waals surface area contributed by atoms with Crippen molar-refractivity contribution < 1.29 is 9.59 Å². The van der Waals surface area contributed by atoms with Crippen LogP contribution in [-0.2, 0) is 21.9 Å². The molecule has 0 saturated heterocycles. The highest BCUT2D eigenvalue weighted by molar-refractivity contribution is 7.99. The Morgan fingerprint density at radius 1 is 1.03 bits per heavy atom. The summed E-state index contributed by atoms with van der Waals surface area (Å²) in [6.45, 7) is 5.84. The number of carbonyl (C=O) groups excluding carboxylic acids is 2. The smallest absolute Gasteiger partial charge is 0.243 e. The van der Waals surface area contributed by atoms with E-state index in [0.29, 0.717) is 32.8 Å². The largest absolute Gasteiger partial charge is 0.352 e. The molecule has 0 spiro atoms. The second kappa shape index (κ2) is 12.6. The van der Waals surface area contributed by atoms with Crippen molar-refractivity contribution in [2.24, 2.45) is 0 Å². The van der Waals surface area contributed by atoms with Crippen molar-refractivity contribution in [2.45, 2.75) is 51.6 Å². The number of thioether (sulfide) groups is 1. The summed E-state index contributed by atoms with van der Waals surface area (Å²) in [5.41, 5.74) is 1.71. The normalized spacial score (nSPS) is 12.0. The molecule has 2 amide bonds. The number of halogens is 3. The summed E-state index contributed by atoms with van der Waals surface area (Å²) in [4.78, 5) is 27.6. The summed E-state index contributed by atoms with van der Waals surface area (Å²) in [6.07, 6.45) is 0.480. The Morgan fingerprint density at radius 2 is 1.65 bits per heavy atom. The highest BCUT2D eigenvalue weighted by Gasteiger charge is 2.29. The zero-order valence-electron chi connectivity index (χ0n) is 17.8. The van der Waals surface area contributed by atoms with Crippen LogP contribution in [-0.4, -0.2) is 34.6 Å². The van der Waals surface area contributed by atoms with E-state index in [0.717, 1.165) is 5.56 Å². The van der Waals surface area contributed by atoms with Gasteiger partial charge in [0.05, 0.1) is 5.75 Å². The first-order valence-corrected chi connectivity index (χ1v) is 12.4. The van der Waals surface area contributed by atoms with Gasteiger partial charge in [0.15, 0.2) is 0 Å². The Balaban J connectivity index is 2.19. The predicted molar refractivity (Wildman–Crippen MR) is 132 cm³/mol. The van der Waals surface area contributed by atoms with Crippen molar-refractivity contribution in [3.05, 3.63) is 68.7 Å². The minimum Gasteiger partial charge on any atom is -0.352 e. The van der Waals surface area contributed by atoms with E-state index in [1.807, 2.05) is 45.0 Å². The van der Waals surface area contributed by atoms with Crippen LogP contribution in [0.4, 0.5) is 0 Å². The van der Waals surface area contributed by atoms with E-state index in [1.165, 1.54) is 11.8 Å². The van der Waals surface area contributed by atoms with Gasteiger partial charge < -0.3 is 10.2 Å². The number of rotatable bonds is 10. The predicted octanol–water partition coefficient (Wildman–Crippen LogP) is 6.21. The van der Waals surface area contributed by atoms with E-state index in [2.05, 4.69) is 5.32 Å². The van der Waals surface area contributed by atoms with Crippen LogP contribution in [0.3, 0.4) is 0 Å². The molecular weight excluding hydrogens is 475 g/mol. The Bertz CT molecular complexity index is 871. The van der Waals surface area contributed by atoms with E-state index in [1.54, 1.807) is 23.1 Å². The minimum absolute atomic E-state index is 0.0262.